The van der Waals surface area contributed by atoms with Gasteiger partial charge in [0, 0.05) is 31.9 Å². The van der Waals surface area contributed by atoms with E-state index in [-0.39, 0.29) is 29.7 Å². The molecule has 1 saturated heterocycles. The van der Waals surface area contributed by atoms with Crippen LogP contribution in [-0.2, 0) is 16.4 Å². The van der Waals surface area contributed by atoms with Crippen LogP contribution in [0.15, 0.2) is 23.3 Å². The van der Waals surface area contributed by atoms with Crippen LogP contribution in [0.5, 0.6) is 5.88 Å². The maximum atomic E-state index is 12.2. The first-order valence-corrected chi connectivity index (χ1v) is 10.3. The van der Waals surface area contributed by atoms with Crippen LogP contribution < -0.4 is 10.1 Å². The van der Waals surface area contributed by atoms with Crippen LogP contribution in [0.4, 0.5) is 0 Å². The molecule has 0 saturated carbocycles. The molecular formula is C17H29IN4O3S. The Balaban J connectivity index is 0.00000338. The topological polar surface area (TPSA) is 83.9 Å². The van der Waals surface area contributed by atoms with Crippen molar-refractivity contribution in [2.24, 2.45) is 4.99 Å². The number of nitrogens with one attached hydrogen (secondary N) is 1. The van der Waals surface area contributed by atoms with Gasteiger partial charge in [0.25, 0.3) is 0 Å². The predicted octanol–water partition coefficient (Wildman–Crippen LogP) is 2.07. The third-order valence-electron chi connectivity index (χ3n) is 4.18. The summed E-state index contributed by atoms with van der Waals surface area (Å²) in [5.41, 5.74) is 0.998. The number of hydrogen-bond donors (Lipinski definition) is 1. The van der Waals surface area contributed by atoms with Crippen molar-refractivity contribution in [1.29, 1.82) is 0 Å². The van der Waals surface area contributed by atoms with Gasteiger partial charge in [0.15, 0.2) is 15.8 Å². The normalized spacial score (nSPS) is 18.8. The summed E-state index contributed by atoms with van der Waals surface area (Å²) >= 11 is 0. The molecule has 1 N–H and O–H groups in total. The second-order valence-electron chi connectivity index (χ2n) is 6.61. The van der Waals surface area contributed by atoms with Crippen molar-refractivity contribution in [3.05, 3.63) is 23.9 Å². The number of pyridine rings is 1. The number of rotatable bonds is 5. The van der Waals surface area contributed by atoms with E-state index in [1.807, 2.05) is 30.9 Å². The summed E-state index contributed by atoms with van der Waals surface area (Å²) in [7, 11) is -3.07. The fourth-order valence-corrected chi connectivity index (χ4v) is 4.06. The Morgan fingerprint density at radius 2 is 2.15 bits per heavy atom. The summed E-state index contributed by atoms with van der Waals surface area (Å²) in [6, 6.07) is 3.78. The second kappa shape index (κ2) is 9.72. The number of hydrogen-bond acceptors (Lipinski definition) is 5. The average Bonchev–Trinajstić information content (AvgIpc) is 2.55. The van der Waals surface area contributed by atoms with Crippen LogP contribution in [0.3, 0.4) is 0 Å². The molecule has 1 aromatic heterocycles. The minimum atomic E-state index is -3.07. The van der Waals surface area contributed by atoms with E-state index < -0.39 is 14.6 Å². The van der Waals surface area contributed by atoms with Gasteiger partial charge in [-0.2, -0.15) is 0 Å². The largest absolute Gasteiger partial charge is 0.478 e. The molecule has 0 aromatic carbocycles. The summed E-state index contributed by atoms with van der Waals surface area (Å²) in [5, 5.41) is 3.26. The van der Waals surface area contributed by atoms with Gasteiger partial charge in [-0.1, -0.05) is 0 Å². The lowest BCUT2D eigenvalue weighted by molar-refractivity contribution is 0.326. The summed E-state index contributed by atoms with van der Waals surface area (Å²) in [6.45, 7) is 10.1. The molecule has 0 radical (unpaired) electrons. The molecule has 2 rings (SSSR count). The van der Waals surface area contributed by atoms with Crippen molar-refractivity contribution in [3.8, 4) is 5.88 Å². The van der Waals surface area contributed by atoms with Gasteiger partial charge in [0.1, 0.15) is 0 Å². The molecule has 26 heavy (non-hydrogen) atoms. The molecule has 0 spiro atoms. The van der Waals surface area contributed by atoms with Crippen molar-refractivity contribution in [2.75, 3.05) is 32.0 Å². The number of aromatic nitrogens is 1. The maximum Gasteiger partial charge on any atom is 0.213 e. The highest BCUT2D eigenvalue weighted by Crippen LogP contribution is 2.23. The van der Waals surface area contributed by atoms with Crippen LogP contribution in [0.25, 0.3) is 0 Å². The molecule has 9 heteroatoms. The van der Waals surface area contributed by atoms with Gasteiger partial charge in [-0.15, -0.1) is 24.0 Å². The summed E-state index contributed by atoms with van der Waals surface area (Å²) in [4.78, 5) is 10.9. The Morgan fingerprint density at radius 1 is 1.42 bits per heavy atom. The fourth-order valence-electron chi connectivity index (χ4n) is 2.69. The van der Waals surface area contributed by atoms with Crippen LogP contribution in [0, 0.1) is 0 Å². The number of halogens is 1. The highest BCUT2D eigenvalue weighted by molar-refractivity contribution is 14.0. The van der Waals surface area contributed by atoms with Gasteiger partial charge in [-0.25, -0.2) is 18.4 Å². The molecule has 2 heterocycles. The van der Waals surface area contributed by atoms with Crippen LogP contribution >= 0.6 is 24.0 Å². The van der Waals surface area contributed by atoms with E-state index in [0.717, 1.165) is 18.1 Å². The zero-order chi connectivity index (χ0) is 18.5. The molecule has 0 atom stereocenters. The molecule has 1 fully saturated rings. The zero-order valence-electron chi connectivity index (χ0n) is 15.9. The van der Waals surface area contributed by atoms with Gasteiger partial charge in [0.2, 0.25) is 5.88 Å². The van der Waals surface area contributed by atoms with Crippen LogP contribution in [0.1, 0.15) is 33.3 Å². The Hall–Kier alpha value is -1.10. The highest BCUT2D eigenvalue weighted by Gasteiger charge is 2.40. The standard InChI is InChI=1S/C17H28N4O3S.HI/c1-5-18-16(21-9-10-25(22,23)17(3,4)13-21)20-12-14-7-8-19-15(11-14)24-6-2;/h7-8,11H,5-6,9-10,12-13H2,1-4H3,(H,18,20);1H. The fraction of sp³-hybridized carbons (Fsp3) is 0.647. The zero-order valence-corrected chi connectivity index (χ0v) is 19.0. The summed E-state index contributed by atoms with van der Waals surface area (Å²) in [6.07, 6.45) is 1.71. The minimum absolute atomic E-state index is 0. The predicted molar refractivity (Wildman–Crippen MR) is 115 cm³/mol. The molecule has 148 valence electrons. The lowest BCUT2D eigenvalue weighted by Crippen LogP contribution is -2.57. The van der Waals surface area contributed by atoms with E-state index in [4.69, 9.17) is 4.74 Å². The molecular weight excluding hydrogens is 467 g/mol. The molecule has 1 aromatic rings. The molecule has 0 bridgehead atoms. The SMILES string of the molecule is CCNC(=NCc1ccnc(OCC)c1)N1CCS(=O)(=O)C(C)(C)C1.I. The van der Waals surface area contributed by atoms with Gasteiger partial charge >= 0.3 is 0 Å². The van der Waals surface area contributed by atoms with Crippen molar-refractivity contribution in [2.45, 2.75) is 39.0 Å². The van der Waals surface area contributed by atoms with Crippen molar-refractivity contribution in [1.82, 2.24) is 15.2 Å². The maximum absolute atomic E-state index is 12.2. The lowest BCUT2D eigenvalue weighted by atomic mass is 10.2. The van der Waals surface area contributed by atoms with Crippen molar-refractivity contribution in [3.63, 3.8) is 0 Å². The Kier molecular flexibility index (Phi) is 8.58. The molecule has 0 aliphatic carbocycles. The Bertz CT molecular complexity index is 722. The first kappa shape index (κ1) is 22.9. The second-order valence-corrected chi connectivity index (χ2v) is 9.35. The molecule has 7 nitrogen and oxygen atoms in total. The first-order chi connectivity index (χ1) is 11.8. The van der Waals surface area contributed by atoms with E-state index in [0.29, 0.717) is 32.1 Å². The third kappa shape index (κ3) is 5.70. The minimum Gasteiger partial charge on any atom is -0.478 e. The van der Waals surface area contributed by atoms with Gasteiger partial charge in [0.05, 0.1) is 23.7 Å². The Morgan fingerprint density at radius 3 is 2.77 bits per heavy atom. The molecule has 1 aliphatic rings. The van der Waals surface area contributed by atoms with E-state index in [1.165, 1.54) is 0 Å². The van der Waals surface area contributed by atoms with Gasteiger partial charge in [-0.05, 0) is 39.3 Å². The molecule has 1 aliphatic heterocycles. The summed E-state index contributed by atoms with van der Waals surface area (Å²) in [5.74, 6) is 1.47. The molecule has 0 amide bonds. The lowest BCUT2D eigenvalue weighted by Gasteiger charge is -2.39. The van der Waals surface area contributed by atoms with Gasteiger partial charge < -0.3 is 15.0 Å². The highest BCUT2D eigenvalue weighted by atomic mass is 127. The van der Waals surface area contributed by atoms with Crippen LogP contribution in [-0.4, -0.2) is 61.0 Å². The average molecular weight is 496 g/mol. The number of sulfone groups is 1. The quantitative estimate of drug-likeness (QED) is 0.382. The van der Waals surface area contributed by atoms with E-state index in [9.17, 15) is 8.42 Å². The van der Waals surface area contributed by atoms with Gasteiger partial charge in [-0.3, -0.25) is 0 Å². The van der Waals surface area contributed by atoms with Crippen LogP contribution in [0.2, 0.25) is 0 Å². The van der Waals surface area contributed by atoms with E-state index in [2.05, 4.69) is 15.3 Å². The van der Waals surface area contributed by atoms with E-state index >= 15 is 0 Å². The third-order valence-corrected chi connectivity index (χ3v) is 6.71. The first-order valence-electron chi connectivity index (χ1n) is 8.62. The van der Waals surface area contributed by atoms with Crippen molar-refractivity contribution < 1.29 is 13.2 Å². The smallest absolute Gasteiger partial charge is 0.213 e. The number of guanidine groups is 1. The number of nitrogens with zero attached hydrogens (tertiary/aromatic N) is 3. The number of aliphatic imine (C=N–C) groups is 1. The van der Waals surface area contributed by atoms with E-state index in [1.54, 1.807) is 20.0 Å². The summed E-state index contributed by atoms with van der Waals surface area (Å²) < 4.78 is 29.0. The van der Waals surface area contributed by atoms with Crippen molar-refractivity contribution >= 4 is 39.8 Å². The Labute approximate surface area is 173 Å². The number of ether oxygens (including phenoxy) is 1. The molecule has 0 unspecified atom stereocenters. The monoisotopic (exact) mass is 496 g/mol.